The molecule has 0 aliphatic heterocycles. The monoisotopic (exact) mass is 292 g/mol. The summed E-state index contributed by atoms with van der Waals surface area (Å²) in [6.45, 7) is 17.7. The van der Waals surface area contributed by atoms with E-state index < -0.39 is 0 Å². The van der Waals surface area contributed by atoms with Crippen LogP contribution in [0.1, 0.15) is 74.7 Å². The highest BCUT2D eigenvalue weighted by Crippen LogP contribution is 2.25. The smallest absolute Gasteiger partial charge is 0.0624 e. The van der Waals surface area contributed by atoms with E-state index in [0.717, 1.165) is 12.3 Å². The lowest BCUT2D eigenvalue weighted by atomic mass is 9.82. The molecule has 0 aromatic heterocycles. The molecule has 0 atom stereocenters. The van der Waals surface area contributed by atoms with Gasteiger partial charge < -0.3 is 0 Å². The maximum Gasteiger partial charge on any atom is 0.0624 e. The zero-order valence-corrected chi connectivity index (χ0v) is 15.5. The molecule has 0 spiro atoms. The van der Waals surface area contributed by atoms with Gasteiger partial charge in [-0.25, -0.2) is 0 Å². The fourth-order valence-corrected chi connectivity index (χ4v) is 3.01. The lowest BCUT2D eigenvalue weighted by molar-refractivity contribution is 0.272. The highest BCUT2D eigenvalue weighted by atomic mass is 14.3. The first-order chi connectivity index (χ1) is 9.68. The van der Waals surface area contributed by atoms with Gasteiger partial charge in [0.25, 0.3) is 0 Å². The maximum atomic E-state index is 8.48. The highest BCUT2D eigenvalue weighted by Gasteiger charge is 2.16. The van der Waals surface area contributed by atoms with Gasteiger partial charge in [0.15, 0.2) is 0 Å². The molecule has 0 heterocycles. The van der Waals surface area contributed by atoms with Crippen molar-refractivity contribution in [3.8, 4) is 12.1 Å². The Morgan fingerprint density at radius 2 is 1.00 bits per heavy atom. The molecule has 0 saturated heterocycles. The number of rotatable bonds is 7. The van der Waals surface area contributed by atoms with Gasteiger partial charge in [-0.15, -0.1) is 0 Å². The number of hydrogen-bond acceptors (Lipinski definition) is 2. The third kappa shape index (κ3) is 11.3. The molecule has 122 valence electrons. The van der Waals surface area contributed by atoms with E-state index in [1.54, 1.807) is 0 Å². The van der Waals surface area contributed by atoms with E-state index in [2.05, 4.69) is 67.5 Å². The molecule has 21 heavy (non-hydrogen) atoms. The molecular weight excluding hydrogens is 256 g/mol. The fraction of sp³-hybridized carbons (Fsp3) is 0.895. The Morgan fingerprint density at radius 1 is 0.619 bits per heavy atom. The van der Waals surface area contributed by atoms with Gasteiger partial charge in [-0.1, -0.05) is 55.4 Å². The van der Waals surface area contributed by atoms with Crippen LogP contribution in [0.2, 0.25) is 0 Å². The normalized spacial score (nSPS) is 11.0. The quantitative estimate of drug-likeness (QED) is 0.573. The molecule has 0 aromatic carbocycles. The average molecular weight is 293 g/mol. The van der Waals surface area contributed by atoms with Crippen molar-refractivity contribution < 1.29 is 0 Å². The van der Waals surface area contributed by atoms with Crippen LogP contribution in [0.15, 0.2) is 0 Å². The number of nitriles is 2. The van der Waals surface area contributed by atoms with E-state index >= 15 is 0 Å². The van der Waals surface area contributed by atoms with E-state index in [0.29, 0.717) is 42.4 Å². The molecule has 0 N–H and O–H groups in total. The predicted molar refractivity (Wildman–Crippen MR) is 91.4 cm³/mol. The zero-order chi connectivity index (χ0) is 17.0. The summed E-state index contributed by atoms with van der Waals surface area (Å²) in [5.41, 5.74) is 0. The minimum atomic E-state index is 0.574. The Balaban J connectivity index is 0. The highest BCUT2D eigenvalue weighted by molar-refractivity contribution is 4.79. The fourth-order valence-electron chi connectivity index (χ4n) is 3.01. The van der Waals surface area contributed by atoms with Crippen LogP contribution in [-0.2, 0) is 0 Å². The van der Waals surface area contributed by atoms with Crippen LogP contribution < -0.4 is 0 Å². The van der Waals surface area contributed by atoms with Crippen LogP contribution in [-0.4, -0.2) is 0 Å². The van der Waals surface area contributed by atoms with Gasteiger partial charge in [-0.2, -0.15) is 10.5 Å². The Hall–Kier alpha value is -1.02. The van der Waals surface area contributed by atoms with Crippen molar-refractivity contribution in [2.75, 3.05) is 0 Å². The van der Waals surface area contributed by atoms with Crippen LogP contribution in [0.5, 0.6) is 0 Å². The molecule has 0 rings (SSSR count). The lowest BCUT2D eigenvalue weighted by Gasteiger charge is -2.23. The van der Waals surface area contributed by atoms with E-state index in [1.165, 1.54) is 0 Å². The molecule has 0 saturated carbocycles. The third-order valence-corrected chi connectivity index (χ3v) is 4.34. The van der Waals surface area contributed by atoms with Gasteiger partial charge in [-0.05, 0) is 41.9 Å². The molecule has 0 aliphatic rings. The largest absolute Gasteiger partial charge is 0.198 e. The first-order valence-corrected chi connectivity index (χ1v) is 8.42. The summed E-state index contributed by atoms with van der Waals surface area (Å²) in [4.78, 5) is 0. The minimum Gasteiger partial charge on any atom is -0.198 e. The van der Waals surface area contributed by atoms with Crippen molar-refractivity contribution in [2.45, 2.75) is 74.7 Å². The van der Waals surface area contributed by atoms with Crippen molar-refractivity contribution in [1.82, 2.24) is 0 Å². The second-order valence-corrected chi connectivity index (χ2v) is 7.36. The van der Waals surface area contributed by atoms with Gasteiger partial charge in [0, 0.05) is 12.8 Å². The molecule has 2 heteroatoms. The summed E-state index contributed by atoms with van der Waals surface area (Å²) < 4.78 is 0. The zero-order valence-electron chi connectivity index (χ0n) is 15.5. The summed E-state index contributed by atoms with van der Waals surface area (Å²) >= 11 is 0. The van der Waals surface area contributed by atoms with Gasteiger partial charge in [0.2, 0.25) is 0 Å². The summed E-state index contributed by atoms with van der Waals surface area (Å²) in [7, 11) is 0. The van der Waals surface area contributed by atoms with E-state index in [9.17, 15) is 0 Å². The first-order valence-electron chi connectivity index (χ1n) is 8.42. The predicted octanol–water partition coefficient (Wildman–Crippen LogP) is 6.05. The Kier molecular flexibility index (Phi) is 13.5. The topological polar surface area (TPSA) is 47.6 Å². The second kappa shape index (κ2) is 12.7. The van der Waals surface area contributed by atoms with Crippen molar-refractivity contribution in [3.05, 3.63) is 0 Å². The SMILES string of the molecule is CC(C)C(CC#N)C(C)C.CC(C)C(CCC#N)C(C)C. The average Bonchev–Trinajstić information content (AvgIpc) is 2.35. The third-order valence-electron chi connectivity index (χ3n) is 4.34. The van der Waals surface area contributed by atoms with Crippen molar-refractivity contribution in [2.24, 2.45) is 35.5 Å². The molecular formula is C19H36N2. The van der Waals surface area contributed by atoms with E-state index in [-0.39, 0.29) is 0 Å². The molecule has 0 radical (unpaired) electrons. The summed E-state index contributed by atoms with van der Waals surface area (Å²) in [6.07, 6.45) is 2.47. The van der Waals surface area contributed by atoms with Crippen molar-refractivity contribution in [3.63, 3.8) is 0 Å². The lowest BCUT2D eigenvalue weighted by Crippen LogP contribution is -2.15. The van der Waals surface area contributed by atoms with Crippen LogP contribution in [0, 0.1) is 58.2 Å². The summed E-state index contributed by atoms with van der Waals surface area (Å²) in [5.74, 6) is 3.99. The number of hydrogen-bond donors (Lipinski definition) is 0. The maximum absolute atomic E-state index is 8.48. The van der Waals surface area contributed by atoms with Crippen LogP contribution in [0.3, 0.4) is 0 Å². The van der Waals surface area contributed by atoms with E-state index in [1.807, 2.05) is 0 Å². The molecule has 0 aromatic rings. The summed E-state index contributed by atoms with van der Waals surface area (Å²) in [5, 5.41) is 16.9. The van der Waals surface area contributed by atoms with Crippen LogP contribution in [0.4, 0.5) is 0 Å². The van der Waals surface area contributed by atoms with Gasteiger partial charge in [-0.3, -0.25) is 0 Å². The van der Waals surface area contributed by atoms with Gasteiger partial charge >= 0.3 is 0 Å². The Morgan fingerprint density at radius 3 is 1.19 bits per heavy atom. The summed E-state index contributed by atoms with van der Waals surface area (Å²) in [6, 6.07) is 4.44. The van der Waals surface area contributed by atoms with Gasteiger partial charge in [0.1, 0.15) is 0 Å². The molecule has 0 unspecified atom stereocenters. The van der Waals surface area contributed by atoms with Crippen molar-refractivity contribution in [1.29, 1.82) is 10.5 Å². The molecule has 0 fully saturated rings. The van der Waals surface area contributed by atoms with Gasteiger partial charge in [0.05, 0.1) is 12.1 Å². The molecule has 0 bridgehead atoms. The van der Waals surface area contributed by atoms with Crippen LogP contribution in [0.25, 0.3) is 0 Å². The first kappa shape index (κ1) is 22.3. The van der Waals surface area contributed by atoms with Crippen molar-refractivity contribution >= 4 is 0 Å². The number of nitrogens with zero attached hydrogens (tertiary/aromatic N) is 2. The van der Waals surface area contributed by atoms with E-state index in [4.69, 9.17) is 10.5 Å². The van der Waals surface area contributed by atoms with Crippen LogP contribution >= 0.6 is 0 Å². The molecule has 2 nitrogen and oxygen atoms in total. The molecule has 0 amide bonds. The minimum absolute atomic E-state index is 0.574. The Bertz CT molecular complexity index is 299. The Labute approximate surface area is 133 Å². The second-order valence-electron chi connectivity index (χ2n) is 7.36. The molecule has 0 aliphatic carbocycles. The standard InChI is InChI=1S/C10H19N.C9H17N/c1-8(2)10(9(3)4)6-5-7-11;1-7(2)9(5-6-10)8(3)4/h8-10H,5-6H2,1-4H3;7-9H,5H2,1-4H3.